The van der Waals surface area contributed by atoms with E-state index in [1.54, 1.807) is 11.3 Å². The fourth-order valence-electron chi connectivity index (χ4n) is 2.09. The first-order chi connectivity index (χ1) is 7.76. The van der Waals surface area contributed by atoms with E-state index < -0.39 is 0 Å². The second-order valence-electron chi connectivity index (χ2n) is 4.07. The van der Waals surface area contributed by atoms with Crippen LogP contribution >= 0.6 is 22.9 Å². The van der Waals surface area contributed by atoms with Gasteiger partial charge in [0, 0.05) is 23.3 Å². The molecule has 1 aromatic heterocycles. The molecule has 0 saturated carbocycles. The molecule has 4 heteroatoms. The summed E-state index contributed by atoms with van der Waals surface area (Å²) in [5.41, 5.74) is 0. The van der Waals surface area contributed by atoms with Crippen LogP contribution < -0.4 is 0 Å². The normalized spacial score (nSPS) is 20.4. The van der Waals surface area contributed by atoms with Crippen LogP contribution in [0.3, 0.4) is 0 Å². The minimum Gasteiger partial charge on any atom is -0.334 e. The summed E-state index contributed by atoms with van der Waals surface area (Å²) in [6, 6.07) is 4.22. The molecule has 1 saturated heterocycles. The third-order valence-electron chi connectivity index (χ3n) is 3.04. The minimum atomic E-state index is 0.160. The number of carbonyl (C=O) groups is 1. The molecule has 0 aromatic carbocycles. The zero-order valence-electron chi connectivity index (χ0n) is 9.41. The van der Waals surface area contributed by atoms with Crippen molar-refractivity contribution in [3.8, 4) is 0 Å². The van der Waals surface area contributed by atoms with Crippen molar-refractivity contribution in [3.63, 3.8) is 0 Å². The minimum absolute atomic E-state index is 0.160. The van der Waals surface area contributed by atoms with E-state index in [1.807, 2.05) is 17.0 Å². The van der Waals surface area contributed by atoms with E-state index in [-0.39, 0.29) is 11.9 Å². The molecule has 0 bridgehead atoms. The fourth-order valence-corrected chi connectivity index (χ4v) is 3.31. The first-order valence-corrected chi connectivity index (χ1v) is 7.07. The van der Waals surface area contributed by atoms with Crippen molar-refractivity contribution in [1.82, 2.24) is 4.90 Å². The van der Waals surface area contributed by atoms with Crippen LogP contribution in [0.15, 0.2) is 12.1 Å². The highest BCUT2D eigenvalue weighted by molar-refractivity contribution is 7.14. The van der Waals surface area contributed by atoms with E-state index in [0.29, 0.717) is 5.88 Å². The highest BCUT2D eigenvalue weighted by atomic mass is 35.5. The maximum atomic E-state index is 12.2. The molecular formula is C12H16ClNOS. The largest absolute Gasteiger partial charge is 0.334 e. The van der Waals surface area contributed by atoms with Crippen molar-refractivity contribution in [2.75, 3.05) is 12.4 Å². The number of carbonyl (C=O) groups excluding carboxylic acids is 1. The smallest absolute Gasteiger partial charge is 0.264 e. The van der Waals surface area contributed by atoms with Gasteiger partial charge in [0.2, 0.25) is 0 Å². The van der Waals surface area contributed by atoms with Crippen molar-refractivity contribution in [1.29, 1.82) is 0 Å². The first-order valence-electron chi connectivity index (χ1n) is 5.72. The van der Waals surface area contributed by atoms with Gasteiger partial charge in [0.1, 0.15) is 0 Å². The van der Waals surface area contributed by atoms with Crippen LogP contribution in [0.25, 0.3) is 0 Å². The number of aryl methyl sites for hydroxylation is 1. The SMILES string of the molecule is CCc1ccc(C(=O)N2CCCC2CCl)s1. The Labute approximate surface area is 105 Å². The average molecular weight is 258 g/mol. The molecule has 1 aliphatic rings. The molecule has 0 radical (unpaired) electrons. The Kier molecular flexibility index (Phi) is 3.87. The van der Waals surface area contributed by atoms with Gasteiger partial charge < -0.3 is 4.90 Å². The van der Waals surface area contributed by atoms with Crippen molar-refractivity contribution in [2.24, 2.45) is 0 Å². The van der Waals surface area contributed by atoms with E-state index in [2.05, 4.69) is 6.92 Å². The van der Waals surface area contributed by atoms with Gasteiger partial charge in [-0.1, -0.05) is 6.92 Å². The number of nitrogens with zero attached hydrogens (tertiary/aromatic N) is 1. The molecule has 0 aliphatic carbocycles. The quantitative estimate of drug-likeness (QED) is 0.762. The van der Waals surface area contributed by atoms with Gasteiger partial charge in [-0.05, 0) is 31.4 Å². The second-order valence-corrected chi connectivity index (χ2v) is 5.55. The summed E-state index contributed by atoms with van der Waals surface area (Å²) in [6.45, 7) is 2.97. The molecular weight excluding hydrogens is 242 g/mol. The Bertz CT molecular complexity index is 377. The molecule has 1 amide bonds. The van der Waals surface area contributed by atoms with Crippen LogP contribution in [0, 0.1) is 0 Å². The molecule has 0 spiro atoms. The molecule has 88 valence electrons. The molecule has 1 aromatic rings. The zero-order chi connectivity index (χ0) is 11.5. The maximum absolute atomic E-state index is 12.2. The Hall–Kier alpha value is -0.540. The molecule has 1 aliphatic heterocycles. The molecule has 2 nitrogen and oxygen atoms in total. The summed E-state index contributed by atoms with van der Waals surface area (Å²) in [5.74, 6) is 0.713. The lowest BCUT2D eigenvalue weighted by Gasteiger charge is -2.22. The third kappa shape index (κ3) is 2.25. The highest BCUT2D eigenvalue weighted by Gasteiger charge is 2.29. The second kappa shape index (κ2) is 5.19. The van der Waals surface area contributed by atoms with Crippen molar-refractivity contribution in [3.05, 3.63) is 21.9 Å². The molecule has 1 fully saturated rings. The number of amides is 1. The monoisotopic (exact) mass is 257 g/mol. The highest BCUT2D eigenvalue weighted by Crippen LogP contribution is 2.24. The summed E-state index contributed by atoms with van der Waals surface area (Å²) < 4.78 is 0. The standard InChI is InChI=1S/C12H16ClNOS/c1-2-10-5-6-11(16-10)12(15)14-7-3-4-9(14)8-13/h5-6,9H,2-4,7-8H2,1H3. The van der Waals surface area contributed by atoms with Crippen molar-refractivity contribution >= 4 is 28.8 Å². The summed E-state index contributed by atoms with van der Waals surface area (Å²) in [7, 11) is 0. The molecule has 2 heterocycles. The van der Waals surface area contributed by atoms with Gasteiger partial charge >= 0.3 is 0 Å². The number of alkyl halides is 1. The van der Waals surface area contributed by atoms with E-state index >= 15 is 0 Å². The van der Waals surface area contributed by atoms with E-state index in [1.165, 1.54) is 4.88 Å². The van der Waals surface area contributed by atoms with Crippen LogP contribution in [-0.2, 0) is 6.42 Å². The van der Waals surface area contributed by atoms with E-state index in [9.17, 15) is 4.79 Å². The molecule has 16 heavy (non-hydrogen) atoms. The molecule has 2 rings (SSSR count). The number of likely N-dealkylation sites (tertiary alicyclic amines) is 1. The Morgan fingerprint density at radius 3 is 3.06 bits per heavy atom. The van der Waals surface area contributed by atoms with Crippen molar-refractivity contribution < 1.29 is 4.79 Å². The first kappa shape index (κ1) is 11.9. The lowest BCUT2D eigenvalue weighted by atomic mass is 10.2. The lowest BCUT2D eigenvalue weighted by molar-refractivity contribution is 0.0754. The van der Waals surface area contributed by atoms with Crippen LogP contribution in [0.5, 0.6) is 0 Å². The van der Waals surface area contributed by atoms with Gasteiger partial charge in [0.25, 0.3) is 5.91 Å². The van der Waals surface area contributed by atoms with E-state index in [0.717, 1.165) is 30.7 Å². The summed E-state index contributed by atoms with van der Waals surface area (Å²) in [6.07, 6.45) is 3.12. The van der Waals surface area contributed by atoms with Gasteiger partial charge in [-0.2, -0.15) is 0 Å². The number of hydrogen-bond donors (Lipinski definition) is 0. The molecule has 0 N–H and O–H groups in total. The number of thiophene rings is 1. The average Bonchev–Trinajstić information content (AvgIpc) is 2.96. The van der Waals surface area contributed by atoms with Crippen molar-refractivity contribution in [2.45, 2.75) is 32.2 Å². The van der Waals surface area contributed by atoms with Gasteiger partial charge in [-0.15, -0.1) is 22.9 Å². The van der Waals surface area contributed by atoms with Crippen LogP contribution in [0.1, 0.15) is 34.3 Å². The van der Waals surface area contributed by atoms with Gasteiger partial charge in [-0.3, -0.25) is 4.79 Å². The topological polar surface area (TPSA) is 20.3 Å². The maximum Gasteiger partial charge on any atom is 0.264 e. The predicted octanol–water partition coefficient (Wildman–Crippen LogP) is 3.15. The van der Waals surface area contributed by atoms with Crippen LogP contribution in [0.4, 0.5) is 0 Å². The molecule has 1 atom stereocenters. The molecule has 1 unspecified atom stereocenters. The van der Waals surface area contributed by atoms with E-state index in [4.69, 9.17) is 11.6 Å². The number of rotatable bonds is 3. The Balaban J connectivity index is 2.12. The summed E-state index contributed by atoms with van der Waals surface area (Å²) in [4.78, 5) is 16.3. The Morgan fingerprint density at radius 2 is 2.44 bits per heavy atom. The summed E-state index contributed by atoms with van der Waals surface area (Å²) in [5, 5.41) is 0. The number of halogens is 1. The Morgan fingerprint density at radius 1 is 1.62 bits per heavy atom. The van der Waals surface area contributed by atoms with Gasteiger partial charge in [-0.25, -0.2) is 0 Å². The van der Waals surface area contributed by atoms with Crippen LogP contribution in [-0.4, -0.2) is 29.3 Å². The van der Waals surface area contributed by atoms with Gasteiger partial charge in [0.15, 0.2) is 0 Å². The zero-order valence-corrected chi connectivity index (χ0v) is 11.0. The lowest BCUT2D eigenvalue weighted by Crippen LogP contribution is -2.36. The third-order valence-corrected chi connectivity index (χ3v) is 4.61. The predicted molar refractivity (Wildman–Crippen MR) is 68.5 cm³/mol. The number of hydrogen-bond acceptors (Lipinski definition) is 2. The fraction of sp³-hybridized carbons (Fsp3) is 0.583. The van der Waals surface area contributed by atoms with Crippen LogP contribution in [0.2, 0.25) is 0 Å². The summed E-state index contributed by atoms with van der Waals surface area (Å²) >= 11 is 7.48. The van der Waals surface area contributed by atoms with Gasteiger partial charge in [0.05, 0.1) is 4.88 Å².